The maximum absolute atomic E-state index is 12.4. The average molecular weight is 302 g/mol. The number of alkyl halides is 3. The Hall–Kier alpha value is -2.05. The lowest BCUT2D eigenvalue weighted by molar-refractivity contribution is -0.137. The lowest BCUT2D eigenvalue weighted by Gasteiger charge is -2.08. The molecule has 0 aliphatic heterocycles. The predicted octanol–water partition coefficient (Wildman–Crippen LogP) is 2.35. The first-order valence-electron chi connectivity index (χ1n) is 6.56. The van der Waals surface area contributed by atoms with Gasteiger partial charge < -0.3 is 10.6 Å². The number of carbonyl (C=O) groups is 2. The van der Waals surface area contributed by atoms with Crippen LogP contribution >= 0.6 is 0 Å². The molecule has 2 N–H and O–H groups in total. The molecule has 7 heteroatoms. The molecule has 4 nitrogen and oxygen atoms in total. The van der Waals surface area contributed by atoms with Crippen molar-refractivity contribution in [1.29, 1.82) is 0 Å². The van der Waals surface area contributed by atoms with Gasteiger partial charge in [-0.05, 0) is 30.7 Å². The highest BCUT2D eigenvalue weighted by Crippen LogP contribution is 2.28. The minimum absolute atomic E-state index is 0.0735. The van der Waals surface area contributed by atoms with Gasteiger partial charge in [0.15, 0.2) is 0 Å². The van der Waals surface area contributed by atoms with Crippen LogP contribution in [0, 0.1) is 0 Å². The molecule has 1 aromatic rings. The molecule has 0 bridgehead atoms. The Bertz CT molecular complexity index is 484. The number of unbranched alkanes of at least 4 members (excludes halogenated alkanes) is 1. The standard InChI is InChI=1S/C14H17F3N2O2/c1-2-3-8-18-12(20)9-19-13(21)10-4-6-11(7-5-10)14(15,16)17/h4-7H,2-3,8-9H2,1H3,(H,18,20)(H,19,21). The van der Waals surface area contributed by atoms with Gasteiger partial charge in [-0.15, -0.1) is 0 Å². The minimum atomic E-state index is -4.44. The number of benzene rings is 1. The Labute approximate surface area is 120 Å². The van der Waals surface area contributed by atoms with Crippen molar-refractivity contribution in [3.63, 3.8) is 0 Å². The van der Waals surface area contributed by atoms with E-state index in [1.54, 1.807) is 0 Å². The third-order valence-electron chi connectivity index (χ3n) is 2.74. The molecule has 0 aliphatic rings. The number of amides is 2. The van der Waals surface area contributed by atoms with Crippen LogP contribution in [0.3, 0.4) is 0 Å². The molecule has 0 saturated heterocycles. The van der Waals surface area contributed by atoms with Gasteiger partial charge in [0, 0.05) is 12.1 Å². The van der Waals surface area contributed by atoms with Crippen molar-refractivity contribution in [2.24, 2.45) is 0 Å². The minimum Gasteiger partial charge on any atom is -0.355 e. The fraction of sp³-hybridized carbons (Fsp3) is 0.429. The number of hydrogen-bond donors (Lipinski definition) is 2. The molecular weight excluding hydrogens is 285 g/mol. The van der Waals surface area contributed by atoms with Crippen molar-refractivity contribution in [1.82, 2.24) is 10.6 Å². The van der Waals surface area contributed by atoms with Crippen molar-refractivity contribution < 1.29 is 22.8 Å². The van der Waals surface area contributed by atoms with Crippen molar-refractivity contribution in [2.75, 3.05) is 13.1 Å². The molecule has 1 aromatic carbocycles. The SMILES string of the molecule is CCCCNC(=O)CNC(=O)c1ccc(C(F)(F)F)cc1. The second-order valence-corrected chi connectivity index (χ2v) is 4.46. The van der Waals surface area contributed by atoms with Crippen LogP contribution in [-0.2, 0) is 11.0 Å². The summed E-state index contributed by atoms with van der Waals surface area (Å²) in [5.41, 5.74) is -0.749. The van der Waals surface area contributed by atoms with Crippen LogP contribution in [0.5, 0.6) is 0 Å². The van der Waals surface area contributed by atoms with E-state index in [1.165, 1.54) is 0 Å². The summed E-state index contributed by atoms with van der Waals surface area (Å²) in [6, 6.07) is 3.81. The van der Waals surface area contributed by atoms with Crippen LogP contribution in [0.4, 0.5) is 13.2 Å². The van der Waals surface area contributed by atoms with Gasteiger partial charge in [0.25, 0.3) is 5.91 Å². The van der Waals surface area contributed by atoms with E-state index in [9.17, 15) is 22.8 Å². The van der Waals surface area contributed by atoms with E-state index in [1.807, 2.05) is 6.92 Å². The third kappa shape index (κ3) is 5.85. The number of nitrogens with one attached hydrogen (secondary N) is 2. The van der Waals surface area contributed by atoms with E-state index in [0.29, 0.717) is 6.54 Å². The first-order chi connectivity index (χ1) is 9.84. The topological polar surface area (TPSA) is 58.2 Å². The Morgan fingerprint density at radius 3 is 2.24 bits per heavy atom. The van der Waals surface area contributed by atoms with Crippen molar-refractivity contribution in [3.05, 3.63) is 35.4 Å². The molecular formula is C14H17F3N2O2. The highest BCUT2D eigenvalue weighted by molar-refractivity contribution is 5.96. The summed E-state index contributed by atoms with van der Waals surface area (Å²) in [4.78, 5) is 23.0. The molecule has 2 amide bonds. The maximum atomic E-state index is 12.4. The number of hydrogen-bond acceptors (Lipinski definition) is 2. The van der Waals surface area contributed by atoms with Gasteiger partial charge >= 0.3 is 6.18 Å². The fourth-order valence-corrected chi connectivity index (χ4v) is 1.54. The normalized spacial score (nSPS) is 11.0. The third-order valence-corrected chi connectivity index (χ3v) is 2.74. The van der Waals surface area contributed by atoms with Gasteiger partial charge in [-0.25, -0.2) is 0 Å². The van der Waals surface area contributed by atoms with Crippen molar-refractivity contribution in [3.8, 4) is 0 Å². The smallest absolute Gasteiger partial charge is 0.355 e. The van der Waals surface area contributed by atoms with E-state index in [4.69, 9.17) is 0 Å². The predicted molar refractivity (Wildman–Crippen MR) is 71.7 cm³/mol. The Kier molecular flexibility index (Phi) is 6.20. The van der Waals surface area contributed by atoms with Gasteiger partial charge in [0.1, 0.15) is 0 Å². The van der Waals surface area contributed by atoms with Crippen LogP contribution in [-0.4, -0.2) is 24.9 Å². The molecule has 21 heavy (non-hydrogen) atoms. The Morgan fingerprint density at radius 1 is 1.10 bits per heavy atom. The van der Waals surface area contributed by atoms with Crippen LogP contribution < -0.4 is 10.6 Å². The molecule has 0 aliphatic carbocycles. The van der Waals surface area contributed by atoms with Gasteiger partial charge in [-0.3, -0.25) is 9.59 Å². The van der Waals surface area contributed by atoms with Gasteiger partial charge in [0.2, 0.25) is 5.91 Å². The summed E-state index contributed by atoms with van der Waals surface area (Å²) in [5, 5.41) is 4.97. The van der Waals surface area contributed by atoms with Crippen LogP contribution in [0.15, 0.2) is 24.3 Å². The van der Waals surface area contributed by atoms with Gasteiger partial charge in [-0.1, -0.05) is 13.3 Å². The zero-order valence-corrected chi connectivity index (χ0v) is 11.6. The summed E-state index contributed by atoms with van der Waals surface area (Å²) in [6.07, 6.45) is -2.65. The summed E-state index contributed by atoms with van der Waals surface area (Å²) in [6.45, 7) is 2.31. The molecule has 0 atom stereocenters. The second kappa shape index (κ2) is 7.66. The lowest BCUT2D eigenvalue weighted by atomic mass is 10.1. The zero-order valence-electron chi connectivity index (χ0n) is 11.6. The zero-order chi connectivity index (χ0) is 15.9. The monoisotopic (exact) mass is 302 g/mol. The molecule has 0 saturated carbocycles. The van der Waals surface area contributed by atoms with Crippen LogP contribution in [0.25, 0.3) is 0 Å². The van der Waals surface area contributed by atoms with Crippen LogP contribution in [0.2, 0.25) is 0 Å². The summed E-state index contributed by atoms with van der Waals surface area (Å²) < 4.78 is 37.1. The highest BCUT2D eigenvalue weighted by Gasteiger charge is 2.30. The number of carbonyl (C=O) groups excluding carboxylic acids is 2. The van der Waals surface area contributed by atoms with E-state index < -0.39 is 17.6 Å². The molecule has 0 radical (unpaired) electrons. The maximum Gasteiger partial charge on any atom is 0.416 e. The van der Waals surface area contributed by atoms with Gasteiger partial charge in [-0.2, -0.15) is 13.2 Å². The van der Waals surface area contributed by atoms with Crippen LogP contribution in [0.1, 0.15) is 35.7 Å². The average Bonchev–Trinajstić information content (AvgIpc) is 2.44. The molecule has 0 heterocycles. The second-order valence-electron chi connectivity index (χ2n) is 4.46. The van der Waals surface area contributed by atoms with Gasteiger partial charge in [0.05, 0.1) is 12.1 Å². The largest absolute Gasteiger partial charge is 0.416 e. The lowest BCUT2D eigenvalue weighted by Crippen LogP contribution is -2.37. The van der Waals surface area contributed by atoms with E-state index in [0.717, 1.165) is 37.1 Å². The summed E-state index contributed by atoms with van der Waals surface area (Å²) in [5.74, 6) is -0.918. The highest BCUT2D eigenvalue weighted by atomic mass is 19.4. The molecule has 1 rings (SSSR count). The molecule has 0 unspecified atom stereocenters. The molecule has 116 valence electrons. The Morgan fingerprint density at radius 2 is 1.71 bits per heavy atom. The fourth-order valence-electron chi connectivity index (χ4n) is 1.54. The van der Waals surface area contributed by atoms with Crippen molar-refractivity contribution in [2.45, 2.75) is 25.9 Å². The quantitative estimate of drug-likeness (QED) is 0.793. The summed E-state index contributed by atoms with van der Waals surface area (Å²) in [7, 11) is 0. The first kappa shape index (κ1) is 17.0. The first-order valence-corrected chi connectivity index (χ1v) is 6.56. The van der Waals surface area contributed by atoms with E-state index in [-0.39, 0.29) is 18.0 Å². The van der Waals surface area contributed by atoms with E-state index >= 15 is 0 Å². The summed E-state index contributed by atoms with van der Waals surface area (Å²) >= 11 is 0. The molecule has 0 spiro atoms. The Balaban J connectivity index is 2.47. The number of halogens is 3. The molecule has 0 aromatic heterocycles. The van der Waals surface area contributed by atoms with Crippen molar-refractivity contribution >= 4 is 11.8 Å². The van der Waals surface area contributed by atoms with E-state index in [2.05, 4.69) is 10.6 Å². The molecule has 0 fully saturated rings. The number of rotatable bonds is 6.